The molecule has 0 bridgehead atoms. The Morgan fingerprint density at radius 2 is 1.92 bits per heavy atom. The summed E-state index contributed by atoms with van der Waals surface area (Å²) in [7, 11) is 1.58. The fraction of sp³-hybridized carbons (Fsp3) is 0.222. The van der Waals surface area contributed by atoms with Gasteiger partial charge in [-0.2, -0.15) is 0 Å². The second-order valence-electron chi connectivity index (χ2n) is 5.49. The predicted molar refractivity (Wildman–Crippen MR) is 96.8 cm³/mol. The van der Waals surface area contributed by atoms with E-state index in [2.05, 4.69) is 5.32 Å². The first-order valence-electron chi connectivity index (χ1n) is 7.88. The second kappa shape index (κ2) is 6.29. The molecule has 0 radical (unpaired) electrons. The fourth-order valence-electron chi connectivity index (χ4n) is 2.75. The average Bonchev–Trinajstić information content (AvgIpc) is 3.09. The van der Waals surface area contributed by atoms with Gasteiger partial charge in [0.05, 0.1) is 23.2 Å². The molecule has 0 saturated carbocycles. The summed E-state index contributed by atoms with van der Waals surface area (Å²) < 4.78 is 16.1. The number of hydrogen-bond acceptors (Lipinski definition) is 6. The molecule has 25 heavy (non-hydrogen) atoms. The normalized spacial score (nSPS) is 12.4. The van der Waals surface area contributed by atoms with Crippen LogP contribution in [-0.2, 0) is 0 Å². The molecule has 0 amide bonds. The molecule has 0 atom stereocenters. The predicted octanol–water partition coefficient (Wildman–Crippen LogP) is 4.12. The molecule has 7 heteroatoms. The van der Waals surface area contributed by atoms with Gasteiger partial charge in [-0.05, 0) is 31.2 Å². The number of rotatable bonds is 4. The molecule has 1 aliphatic heterocycles. The molecular weight excluding hydrogens is 342 g/mol. The number of nitrogens with one attached hydrogen (secondary N) is 1. The smallest absolute Gasteiger partial charge is 0.231 e. The van der Waals surface area contributed by atoms with E-state index in [1.807, 2.05) is 25.1 Å². The number of benzene rings is 2. The monoisotopic (exact) mass is 357 g/mol. The van der Waals surface area contributed by atoms with Crippen molar-refractivity contribution in [3.63, 3.8) is 0 Å². The van der Waals surface area contributed by atoms with Gasteiger partial charge in [0.2, 0.25) is 6.79 Å². The molecule has 0 saturated heterocycles. The molecular formula is C18H16ClN3O3. The van der Waals surface area contributed by atoms with Crippen LogP contribution in [0.25, 0.3) is 22.3 Å². The molecule has 2 aromatic carbocycles. The first kappa shape index (κ1) is 15.8. The molecule has 6 nitrogen and oxygen atoms in total. The first-order chi connectivity index (χ1) is 12.2. The highest BCUT2D eigenvalue weighted by Gasteiger charge is 2.18. The average molecular weight is 358 g/mol. The summed E-state index contributed by atoms with van der Waals surface area (Å²) in [6.45, 7) is 2.97. The molecule has 128 valence electrons. The Bertz CT molecular complexity index is 962. The Labute approximate surface area is 149 Å². The highest BCUT2D eigenvalue weighted by atomic mass is 35.5. The SMILES string of the molecule is CCNc1nc2cc(OC)c(Cl)cc2nc1-c1ccc2c(c1)OCO2. The Morgan fingerprint density at radius 1 is 1.12 bits per heavy atom. The highest BCUT2D eigenvalue weighted by molar-refractivity contribution is 6.32. The lowest BCUT2D eigenvalue weighted by Crippen LogP contribution is -2.04. The number of hydrogen-bond donors (Lipinski definition) is 1. The van der Waals surface area contributed by atoms with Gasteiger partial charge >= 0.3 is 0 Å². The minimum absolute atomic E-state index is 0.234. The first-order valence-corrected chi connectivity index (χ1v) is 8.26. The lowest BCUT2D eigenvalue weighted by Gasteiger charge is -2.12. The van der Waals surface area contributed by atoms with Crippen molar-refractivity contribution in [2.45, 2.75) is 6.92 Å². The number of nitrogens with zero attached hydrogens (tertiary/aromatic N) is 2. The molecule has 0 aliphatic carbocycles. The van der Waals surface area contributed by atoms with Crippen LogP contribution in [0.15, 0.2) is 30.3 Å². The minimum Gasteiger partial charge on any atom is -0.495 e. The maximum absolute atomic E-state index is 6.23. The maximum atomic E-state index is 6.23. The topological polar surface area (TPSA) is 65.5 Å². The standard InChI is InChI=1S/C18H16ClN3O3/c1-3-20-18-17(10-4-5-14-16(6-10)25-9-24-14)21-12-7-11(19)15(23-2)8-13(12)22-18/h4-8H,3,9H2,1-2H3,(H,20,22). The lowest BCUT2D eigenvalue weighted by atomic mass is 10.1. The number of aromatic nitrogens is 2. The summed E-state index contributed by atoms with van der Waals surface area (Å²) >= 11 is 6.23. The lowest BCUT2D eigenvalue weighted by molar-refractivity contribution is 0.174. The third-order valence-corrected chi connectivity index (χ3v) is 4.22. The Hall–Kier alpha value is -2.73. The van der Waals surface area contributed by atoms with Crippen LogP contribution in [0.3, 0.4) is 0 Å². The zero-order chi connectivity index (χ0) is 17.4. The number of fused-ring (bicyclic) bond motifs is 2. The van der Waals surface area contributed by atoms with Crippen LogP contribution in [0.4, 0.5) is 5.82 Å². The van der Waals surface area contributed by atoms with Crippen LogP contribution >= 0.6 is 11.6 Å². The van der Waals surface area contributed by atoms with Crippen molar-refractivity contribution >= 4 is 28.5 Å². The van der Waals surface area contributed by atoms with E-state index < -0.39 is 0 Å². The van der Waals surface area contributed by atoms with Crippen molar-refractivity contribution in [3.8, 4) is 28.5 Å². The van der Waals surface area contributed by atoms with Crippen molar-refractivity contribution < 1.29 is 14.2 Å². The van der Waals surface area contributed by atoms with Crippen LogP contribution in [0.1, 0.15) is 6.92 Å². The number of ether oxygens (including phenoxy) is 3. The van der Waals surface area contributed by atoms with E-state index in [9.17, 15) is 0 Å². The maximum Gasteiger partial charge on any atom is 0.231 e. The van der Waals surface area contributed by atoms with Crippen molar-refractivity contribution in [3.05, 3.63) is 35.4 Å². The fourth-order valence-corrected chi connectivity index (χ4v) is 2.99. The zero-order valence-electron chi connectivity index (χ0n) is 13.8. The molecule has 1 aliphatic rings. The van der Waals surface area contributed by atoms with E-state index >= 15 is 0 Å². The van der Waals surface area contributed by atoms with Gasteiger partial charge in [-0.25, -0.2) is 9.97 Å². The Morgan fingerprint density at radius 3 is 2.72 bits per heavy atom. The Balaban J connectivity index is 1.90. The Kier molecular flexibility index (Phi) is 3.97. The largest absolute Gasteiger partial charge is 0.495 e. The summed E-state index contributed by atoms with van der Waals surface area (Å²) in [4.78, 5) is 9.46. The van der Waals surface area contributed by atoms with Crippen LogP contribution in [0, 0.1) is 0 Å². The molecule has 3 aromatic rings. The van der Waals surface area contributed by atoms with Crippen LogP contribution in [-0.4, -0.2) is 30.4 Å². The van der Waals surface area contributed by atoms with Gasteiger partial charge in [0.25, 0.3) is 0 Å². The van der Waals surface area contributed by atoms with E-state index in [-0.39, 0.29) is 6.79 Å². The van der Waals surface area contributed by atoms with Crippen molar-refractivity contribution in [2.24, 2.45) is 0 Å². The van der Waals surface area contributed by atoms with Gasteiger partial charge in [0.1, 0.15) is 11.4 Å². The van der Waals surface area contributed by atoms with Gasteiger partial charge in [0, 0.05) is 18.2 Å². The summed E-state index contributed by atoms with van der Waals surface area (Å²) in [5, 5.41) is 3.76. The quantitative estimate of drug-likeness (QED) is 0.757. The van der Waals surface area contributed by atoms with Gasteiger partial charge in [-0.15, -0.1) is 0 Å². The molecule has 0 unspecified atom stereocenters. The molecule has 0 fully saturated rings. The summed E-state index contributed by atoms with van der Waals surface area (Å²) in [6.07, 6.45) is 0. The van der Waals surface area contributed by atoms with E-state index in [4.69, 9.17) is 35.8 Å². The van der Waals surface area contributed by atoms with Crippen molar-refractivity contribution in [1.29, 1.82) is 0 Å². The van der Waals surface area contributed by atoms with E-state index in [1.165, 1.54) is 0 Å². The van der Waals surface area contributed by atoms with Gasteiger partial charge in [-0.3, -0.25) is 0 Å². The summed E-state index contributed by atoms with van der Waals surface area (Å²) in [5.74, 6) is 2.70. The molecule has 1 N–H and O–H groups in total. The summed E-state index contributed by atoms with van der Waals surface area (Å²) in [5.41, 5.74) is 3.03. The van der Waals surface area contributed by atoms with E-state index in [0.29, 0.717) is 33.4 Å². The van der Waals surface area contributed by atoms with E-state index in [0.717, 1.165) is 23.6 Å². The number of halogens is 1. The molecule has 4 rings (SSSR count). The van der Waals surface area contributed by atoms with Gasteiger partial charge in [-0.1, -0.05) is 11.6 Å². The number of methoxy groups -OCH3 is 1. The summed E-state index contributed by atoms with van der Waals surface area (Å²) in [6, 6.07) is 9.27. The second-order valence-corrected chi connectivity index (χ2v) is 5.90. The third kappa shape index (κ3) is 2.78. The molecule has 0 spiro atoms. The highest BCUT2D eigenvalue weighted by Crippen LogP contribution is 2.38. The van der Waals surface area contributed by atoms with Crippen LogP contribution in [0.5, 0.6) is 17.2 Å². The van der Waals surface area contributed by atoms with Gasteiger partial charge in [0.15, 0.2) is 17.3 Å². The third-order valence-electron chi connectivity index (χ3n) is 3.93. The van der Waals surface area contributed by atoms with Crippen molar-refractivity contribution in [1.82, 2.24) is 9.97 Å². The number of anilines is 1. The molecule has 1 aromatic heterocycles. The van der Waals surface area contributed by atoms with E-state index in [1.54, 1.807) is 19.2 Å². The van der Waals surface area contributed by atoms with Gasteiger partial charge < -0.3 is 19.5 Å². The molecule has 2 heterocycles. The zero-order valence-corrected chi connectivity index (χ0v) is 14.6. The minimum atomic E-state index is 0.234. The van der Waals surface area contributed by atoms with Crippen LogP contribution in [0.2, 0.25) is 5.02 Å². The van der Waals surface area contributed by atoms with Crippen molar-refractivity contribution in [2.75, 3.05) is 25.8 Å². The van der Waals surface area contributed by atoms with Crippen LogP contribution < -0.4 is 19.5 Å².